The van der Waals surface area contributed by atoms with Crippen LogP contribution in [0.3, 0.4) is 0 Å². The van der Waals surface area contributed by atoms with Gasteiger partial charge >= 0.3 is 0 Å². The van der Waals surface area contributed by atoms with Gasteiger partial charge in [0.1, 0.15) is 11.4 Å². The van der Waals surface area contributed by atoms with Crippen molar-refractivity contribution >= 4 is 33.3 Å². The molecule has 5 rings (SSSR count). The average Bonchev–Trinajstić information content (AvgIpc) is 3.33. The highest BCUT2D eigenvalue weighted by molar-refractivity contribution is 5.97. The molecule has 0 amide bonds. The van der Waals surface area contributed by atoms with E-state index in [0.29, 0.717) is 23.0 Å². The van der Waals surface area contributed by atoms with Gasteiger partial charge in [-0.15, -0.1) is 0 Å². The summed E-state index contributed by atoms with van der Waals surface area (Å²) in [5.41, 5.74) is 10.6. The van der Waals surface area contributed by atoms with Crippen LogP contribution in [0.25, 0.3) is 33.3 Å². The monoisotopic (exact) mass is 402 g/mol. The quantitative estimate of drug-likeness (QED) is 0.488. The zero-order chi connectivity index (χ0) is 20.8. The lowest BCUT2D eigenvalue weighted by Crippen LogP contribution is -2.25. The first-order chi connectivity index (χ1) is 14.5. The van der Waals surface area contributed by atoms with Crippen molar-refractivity contribution in [2.75, 3.05) is 44.4 Å². The number of fused-ring (bicyclic) bond motifs is 2. The normalized spacial score (nSPS) is 16.9. The van der Waals surface area contributed by atoms with Crippen molar-refractivity contribution in [3.63, 3.8) is 0 Å². The summed E-state index contributed by atoms with van der Waals surface area (Å²) >= 11 is 0. The fraction of sp³-hybridized carbons (Fsp3) is 0.304. The number of nitrogen functional groups attached to an aromatic ring is 1. The van der Waals surface area contributed by atoms with Gasteiger partial charge in [-0.1, -0.05) is 18.2 Å². The molecule has 2 aromatic carbocycles. The molecule has 7 nitrogen and oxygen atoms in total. The number of pyridine rings is 1. The number of rotatable bonds is 4. The molecule has 4 N–H and O–H groups in total. The Bertz CT molecular complexity index is 1290. The first-order valence-corrected chi connectivity index (χ1v) is 10.3. The summed E-state index contributed by atoms with van der Waals surface area (Å²) in [4.78, 5) is 28.3. The SMILES string of the molecule is CN(C)CC1CCN(c2ccc3nc(-c4c(N)c5ccccc5[nH]c4=O)[nH]c3c2)C1. The predicted molar refractivity (Wildman–Crippen MR) is 123 cm³/mol. The molecular formula is C23H26N6O. The Balaban J connectivity index is 1.51. The van der Waals surface area contributed by atoms with E-state index in [0.717, 1.165) is 41.6 Å². The number of aromatic amines is 2. The van der Waals surface area contributed by atoms with E-state index in [-0.39, 0.29) is 5.56 Å². The maximum Gasteiger partial charge on any atom is 0.261 e. The lowest BCUT2D eigenvalue weighted by molar-refractivity contribution is 0.340. The number of nitrogens with zero attached hydrogens (tertiary/aromatic N) is 3. The third-order valence-electron chi connectivity index (χ3n) is 5.94. The van der Waals surface area contributed by atoms with Crippen molar-refractivity contribution in [3.8, 4) is 11.4 Å². The van der Waals surface area contributed by atoms with E-state index in [1.165, 1.54) is 12.1 Å². The number of benzene rings is 2. The molecular weight excluding hydrogens is 376 g/mol. The third kappa shape index (κ3) is 3.21. The molecule has 1 aliphatic rings. The minimum Gasteiger partial charge on any atom is -0.397 e. The van der Waals surface area contributed by atoms with E-state index in [4.69, 9.17) is 5.73 Å². The highest BCUT2D eigenvalue weighted by Crippen LogP contribution is 2.30. The van der Waals surface area contributed by atoms with Crippen LogP contribution in [0.4, 0.5) is 11.4 Å². The molecule has 30 heavy (non-hydrogen) atoms. The lowest BCUT2D eigenvalue weighted by Gasteiger charge is -2.20. The number of anilines is 2. The van der Waals surface area contributed by atoms with Crippen LogP contribution in [0.2, 0.25) is 0 Å². The van der Waals surface area contributed by atoms with Crippen molar-refractivity contribution in [2.45, 2.75) is 6.42 Å². The largest absolute Gasteiger partial charge is 0.397 e. The Hall–Kier alpha value is -3.32. The molecule has 2 aromatic heterocycles. The van der Waals surface area contributed by atoms with Crippen LogP contribution >= 0.6 is 0 Å². The smallest absolute Gasteiger partial charge is 0.261 e. The molecule has 3 heterocycles. The number of hydrogen-bond donors (Lipinski definition) is 3. The van der Waals surface area contributed by atoms with E-state index in [1.54, 1.807) is 0 Å². The summed E-state index contributed by atoms with van der Waals surface area (Å²) in [6.07, 6.45) is 1.20. The van der Waals surface area contributed by atoms with Gasteiger partial charge in [0.05, 0.1) is 22.2 Å². The number of H-pyrrole nitrogens is 2. The zero-order valence-electron chi connectivity index (χ0n) is 17.3. The molecule has 1 unspecified atom stereocenters. The van der Waals surface area contributed by atoms with Gasteiger partial charge in [0.15, 0.2) is 0 Å². The molecule has 1 aliphatic heterocycles. The van der Waals surface area contributed by atoms with Crippen molar-refractivity contribution in [3.05, 3.63) is 52.8 Å². The Morgan fingerprint density at radius 1 is 1.17 bits per heavy atom. The second-order valence-corrected chi connectivity index (χ2v) is 8.44. The van der Waals surface area contributed by atoms with Crippen LogP contribution in [-0.2, 0) is 0 Å². The van der Waals surface area contributed by atoms with Crippen molar-refractivity contribution in [1.82, 2.24) is 19.9 Å². The van der Waals surface area contributed by atoms with E-state index >= 15 is 0 Å². The van der Waals surface area contributed by atoms with Crippen LogP contribution in [0.1, 0.15) is 6.42 Å². The maximum absolute atomic E-state index is 12.7. The minimum atomic E-state index is -0.239. The molecule has 154 valence electrons. The molecule has 0 bridgehead atoms. The number of imidazole rings is 1. The van der Waals surface area contributed by atoms with E-state index in [1.807, 2.05) is 30.3 Å². The van der Waals surface area contributed by atoms with Crippen LogP contribution in [0.5, 0.6) is 0 Å². The average molecular weight is 403 g/mol. The number of para-hydroxylation sites is 1. The third-order valence-corrected chi connectivity index (χ3v) is 5.94. The highest BCUT2D eigenvalue weighted by atomic mass is 16.1. The number of nitrogens with two attached hydrogens (primary N) is 1. The molecule has 7 heteroatoms. The fourth-order valence-electron chi connectivity index (χ4n) is 4.55. The summed E-state index contributed by atoms with van der Waals surface area (Å²) in [5.74, 6) is 1.18. The second kappa shape index (κ2) is 7.18. The van der Waals surface area contributed by atoms with E-state index < -0.39 is 0 Å². The van der Waals surface area contributed by atoms with Gasteiger partial charge in [0, 0.05) is 30.7 Å². The Morgan fingerprint density at radius 2 is 2.00 bits per heavy atom. The van der Waals surface area contributed by atoms with E-state index in [9.17, 15) is 4.79 Å². The highest BCUT2D eigenvalue weighted by Gasteiger charge is 2.23. The standard InChI is InChI=1S/C23H26N6O/c1-28(2)12-14-9-10-29(13-14)15-7-8-18-19(11-15)26-22(25-18)20-21(24)16-5-3-4-6-17(16)27-23(20)30/h3-8,11,14H,9-10,12-13H2,1-2H3,(H,25,26)(H3,24,27,30). The zero-order valence-corrected chi connectivity index (χ0v) is 17.3. The van der Waals surface area contributed by atoms with Gasteiger partial charge in [0.25, 0.3) is 5.56 Å². The minimum absolute atomic E-state index is 0.239. The van der Waals surface area contributed by atoms with Gasteiger partial charge < -0.3 is 25.5 Å². The molecule has 0 saturated carbocycles. The summed E-state index contributed by atoms with van der Waals surface area (Å²) in [7, 11) is 4.25. The summed E-state index contributed by atoms with van der Waals surface area (Å²) in [6.45, 7) is 3.22. The molecule has 0 aliphatic carbocycles. The maximum atomic E-state index is 12.7. The molecule has 1 atom stereocenters. The van der Waals surface area contributed by atoms with Crippen LogP contribution < -0.4 is 16.2 Å². The van der Waals surface area contributed by atoms with Crippen molar-refractivity contribution < 1.29 is 0 Å². The summed E-state index contributed by atoms with van der Waals surface area (Å²) in [6, 6.07) is 13.8. The van der Waals surface area contributed by atoms with Crippen LogP contribution in [-0.4, -0.2) is 53.6 Å². The van der Waals surface area contributed by atoms with Crippen LogP contribution in [0, 0.1) is 5.92 Å². The Morgan fingerprint density at radius 3 is 2.83 bits per heavy atom. The molecule has 1 fully saturated rings. The summed E-state index contributed by atoms with van der Waals surface area (Å²) in [5, 5.41) is 0.817. The van der Waals surface area contributed by atoms with Crippen molar-refractivity contribution in [2.24, 2.45) is 5.92 Å². The molecule has 0 spiro atoms. The number of aromatic nitrogens is 3. The lowest BCUT2D eigenvalue weighted by atomic mass is 10.1. The topological polar surface area (TPSA) is 94.0 Å². The molecule has 0 radical (unpaired) electrons. The Kier molecular flexibility index (Phi) is 4.47. The van der Waals surface area contributed by atoms with Crippen LogP contribution in [0.15, 0.2) is 47.3 Å². The van der Waals surface area contributed by atoms with Gasteiger partial charge in [-0.25, -0.2) is 4.98 Å². The summed E-state index contributed by atoms with van der Waals surface area (Å²) < 4.78 is 0. The first kappa shape index (κ1) is 18.7. The van der Waals surface area contributed by atoms with Gasteiger partial charge in [-0.05, 0) is 50.7 Å². The van der Waals surface area contributed by atoms with E-state index in [2.05, 4.69) is 51.0 Å². The Labute approximate surface area is 174 Å². The first-order valence-electron chi connectivity index (χ1n) is 10.3. The number of nitrogens with one attached hydrogen (secondary N) is 2. The van der Waals surface area contributed by atoms with Gasteiger partial charge in [-0.3, -0.25) is 4.79 Å². The number of hydrogen-bond acceptors (Lipinski definition) is 5. The van der Waals surface area contributed by atoms with Gasteiger partial charge in [-0.2, -0.15) is 0 Å². The predicted octanol–water partition coefficient (Wildman–Crippen LogP) is 3.04. The second-order valence-electron chi connectivity index (χ2n) is 8.44. The van der Waals surface area contributed by atoms with Gasteiger partial charge in [0.2, 0.25) is 0 Å². The molecule has 1 saturated heterocycles. The molecule has 4 aromatic rings. The fourth-order valence-corrected chi connectivity index (χ4v) is 4.55. The van der Waals surface area contributed by atoms with Crippen molar-refractivity contribution in [1.29, 1.82) is 0 Å².